The molecular weight excluding hydrogens is 176 g/mol. The van der Waals surface area contributed by atoms with Crippen LogP contribution in [0.1, 0.15) is 10.4 Å². The first-order valence-electron chi connectivity index (χ1n) is 3.25. The lowest BCUT2D eigenvalue weighted by Crippen LogP contribution is -2.31. The predicted octanol–water partition coefficient (Wildman–Crippen LogP) is -0.574. The molecule has 0 saturated heterocycles. The topological polar surface area (TPSA) is 83.8 Å². The van der Waals surface area contributed by atoms with Crippen molar-refractivity contribution >= 4 is 23.1 Å². The van der Waals surface area contributed by atoms with Gasteiger partial charge in [0, 0.05) is 6.20 Å². The van der Waals surface area contributed by atoms with E-state index < -0.39 is 0 Å². The van der Waals surface area contributed by atoms with Gasteiger partial charge in [0.1, 0.15) is 0 Å². The van der Waals surface area contributed by atoms with Crippen LogP contribution in [-0.2, 0) is 0 Å². The van der Waals surface area contributed by atoms with Gasteiger partial charge in [-0.3, -0.25) is 9.89 Å². The smallest absolute Gasteiger partial charge is 0.254 e. The first-order chi connectivity index (χ1) is 5.70. The number of thiocarbonyl (C=S) groups is 1. The summed E-state index contributed by atoms with van der Waals surface area (Å²) in [5.41, 5.74) is 5.65. The molecule has 0 aliphatic rings. The molecular formula is C6H8N4OS. The van der Waals surface area contributed by atoms with E-state index in [9.17, 15) is 4.79 Å². The molecule has 6 heteroatoms. The number of hydrogen-bond donors (Lipinski definition) is 3. The van der Waals surface area contributed by atoms with E-state index in [-0.39, 0.29) is 17.4 Å². The van der Waals surface area contributed by atoms with Gasteiger partial charge in [-0.15, -0.1) is 0 Å². The highest BCUT2D eigenvalue weighted by atomic mass is 32.1. The van der Waals surface area contributed by atoms with Gasteiger partial charge in [0.05, 0.1) is 23.3 Å². The summed E-state index contributed by atoms with van der Waals surface area (Å²) in [6.45, 7) is 0.208. The molecule has 0 radical (unpaired) electrons. The van der Waals surface area contributed by atoms with E-state index in [1.807, 2.05) is 0 Å². The number of nitrogens with one attached hydrogen (secondary N) is 2. The number of nitrogens with zero attached hydrogens (tertiary/aromatic N) is 1. The van der Waals surface area contributed by atoms with Gasteiger partial charge in [-0.2, -0.15) is 5.10 Å². The van der Waals surface area contributed by atoms with Gasteiger partial charge < -0.3 is 11.1 Å². The summed E-state index contributed by atoms with van der Waals surface area (Å²) in [6.07, 6.45) is 2.92. The van der Waals surface area contributed by atoms with Crippen LogP contribution in [0.3, 0.4) is 0 Å². The van der Waals surface area contributed by atoms with E-state index in [2.05, 4.69) is 27.7 Å². The lowest BCUT2D eigenvalue weighted by molar-refractivity contribution is 0.0959. The van der Waals surface area contributed by atoms with Crippen LogP contribution in [0.5, 0.6) is 0 Å². The largest absolute Gasteiger partial charge is 0.392 e. The summed E-state index contributed by atoms with van der Waals surface area (Å²) in [5, 5.41) is 8.66. The molecule has 1 rings (SSSR count). The standard InChI is InChI=1S/C6H8N4OS/c7-5(12)3-8-6(11)4-1-9-10-2-4/h1-2H,3H2,(H2,7,12)(H,8,11)(H,9,10). The maximum absolute atomic E-state index is 11.1. The Morgan fingerprint density at radius 2 is 2.58 bits per heavy atom. The number of aromatic amines is 1. The summed E-state index contributed by atoms with van der Waals surface area (Å²) < 4.78 is 0. The van der Waals surface area contributed by atoms with Gasteiger partial charge >= 0.3 is 0 Å². The Morgan fingerprint density at radius 1 is 1.83 bits per heavy atom. The second kappa shape index (κ2) is 3.82. The number of nitrogens with two attached hydrogens (primary N) is 1. The van der Waals surface area contributed by atoms with E-state index in [4.69, 9.17) is 5.73 Å². The number of carbonyl (C=O) groups is 1. The minimum absolute atomic E-state index is 0.208. The highest BCUT2D eigenvalue weighted by molar-refractivity contribution is 7.80. The molecule has 0 aromatic carbocycles. The zero-order chi connectivity index (χ0) is 8.97. The third kappa shape index (κ3) is 2.31. The molecule has 1 aromatic heterocycles. The molecule has 0 atom stereocenters. The first kappa shape index (κ1) is 8.66. The molecule has 1 amide bonds. The fourth-order valence-electron chi connectivity index (χ4n) is 0.645. The van der Waals surface area contributed by atoms with E-state index in [1.54, 1.807) is 0 Å². The lowest BCUT2D eigenvalue weighted by Gasteiger charge is -1.99. The molecule has 0 bridgehead atoms. The third-order valence-corrected chi connectivity index (χ3v) is 1.33. The number of aromatic nitrogens is 2. The molecule has 4 N–H and O–H groups in total. The van der Waals surface area contributed by atoms with Crippen LogP contribution in [0.15, 0.2) is 12.4 Å². The van der Waals surface area contributed by atoms with Crippen molar-refractivity contribution in [2.75, 3.05) is 6.54 Å². The van der Waals surface area contributed by atoms with Crippen molar-refractivity contribution in [2.45, 2.75) is 0 Å². The van der Waals surface area contributed by atoms with Crippen molar-refractivity contribution in [1.82, 2.24) is 15.5 Å². The summed E-state index contributed by atoms with van der Waals surface area (Å²) in [6, 6.07) is 0. The van der Waals surface area contributed by atoms with Crippen LogP contribution < -0.4 is 11.1 Å². The number of rotatable bonds is 3. The van der Waals surface area contributed by atoms with Crippen molar-refractivity contribution in [1.29, 1.82) is 0 Å². The average molecular weight is 184 g/mol. The second-order valence-electron chi connectivity index (χ2n) is 2.14. The Labute approximate surface area is 74.3 Å². The summed E-state index contributed by atoms with van der Waals surface area (Å²) in [4.78, 5) is 11.4. The van der Waals surface area contributed by atoms with Gasteiger partial charge in [0.15, 0.2) is 0 Å². The summed E-state index contributed by atoms with van der Waals surface area (Å²) in [5.74, 6) is -0.239. The van der Waals surface area contributed by atoms with Crippen molar-refractivity contribution in [3.8, 4) is 0 Å². The normalized spacial score (nSPS) is 9.33. The lowest BCUT2D eigenvalue weighted by atomic mass is 10.3. The van der Waals surface area contributed by atoms with E-state index >= 15 is 0 Å². The van der Waals surface area contributed by atoms with Crippen LogP contribution >= 0.6 is 12.2 Å². The Morgan fingerprint density at radius 3 is 3.08 bits per heavy atom. The van der Waals surface area contributed by atoms with Crippen molar-refractivity contribution < 1.29 is 4.79 Å². The van der Waals surface area contributed by atoms with Crippen molar-refractivity contribution in [3.05, 3.63) is 18.0 Å². The number of H-pyrrole nitrogens is 1. The van der Waals surface area contributed by atoms with Crippen LogP contribution in [0, 0.1) is 0 Å². The van der Waals surface area contributed by atoms with Crippen LogP contribution in [0.4, 0.5) is 0 Å². The highest BCUT2D eigenvalue weighted by Gasteiger charge is 2.04. The molecule has 0 spiro atoms. The number of amides is 1. The Hall–Kier alpha value is -1.43. The molecule has 0 aliphatic carbocycles. The Balaban J connectivity index is 2.45. The highest BCUT2D eigenvalue weighted by Crippen LogP contribution is 1.91. The average Bonchev–Trinajstić information content (AvgIpc) is 2.51. The first-order valence-corrected chi connectivity index (χ1v) is 3.66. The van der Waals surface area contributed by atoms with Crippen LogP contribution in [-0.4, -0.2) is 27.6 Å². The predicted molar refractivity (Wildman–Crippen MR) is 47.7 cm³/mol. The Bertz CT molecular complexity index is 282. The molecule has 0 aliphatic heterocycles. The van der Waals surface area contributed by atoms with Crippen molar-refractivity contribution in [2.24, 2.45) is 5.73 Å². The molecule has 1 heterocycles. The van der Waals surface area contributed by atoms with Gasteiger partial charge in [-0.25, -0.2) is 0 Å². The minimum Gasteiger partial charge on any atom is -0.392 e. The molecule has 0 fully saturated rings. The zero-order valence-corrected chi connectivity index (χ0v) is 7.02. The zero-order valence-electron chi connectivity index (χ0n) is 6.20. The maximum Gasteiger partial charge on any atom is 0.254 e. The SMILES string of the molecule is NC(=S)CNC(=O)c1cn[nH]c1. The van der Waals surface area contributed by atoms with Gasteiger partial charge in [0.2, 0.25) is 0 Å². The van der Waals surface area contributed by atoms with E-state index in [1.165, 1.54) is 12.4 Å². The molecule has 0 unspecified atom stereocenters. The van der Waals surface area contributed by atoms with E-state index in [0.717, 1.165) is 0 Å². The fraction of sp³-hybridized carbons (Fsp3) is 0.167. The summed E-state index contributed by atoms with van der Waals surface area (Å²) in [7, 11) is 0. The maximum atomic E-state index is 11.1. The van der Waals surface area contributed by atoms with Crippen LogP contribution in [0.25, 0.3) is 0 Å². The quantitative estimate of drug-likeness (QED) is 0.549. The van der Waals surface area contributed by atoms with Gasteiger partial charge in [-0.05, 0) is 0 Å². The number of hydrogen-bond acceptors (Lipinski definition) is 3. The Kier molecular flexibility index (Phi) is 2.76. The third-order valence-electron chi connectivity index (χ3n) is 1.18. The molecule has 1 aromatic rings. The monoisotopic (exact) mass is 184 g/mol. The summed E-state index contributed by atoms with van der Waals surface area (Å²) >= 11 is 4.58. The molecule has 64 valence electrons. The second-order valence-corrected chi connectivity index (χ2v) is 2.66. The minimum atomic E-state index is -0.239. The molecule has 12 heavy (non-hydrogen) atoms. The molecule has 5 nitrogen and oxygen atoms in total. The molecule has 0 saturated carbocycles. The fourth-order valence-corrected chi connectivity index (χ4v) is 0.717. The van der Waals surface area contributed by atoms with Crippen molar-refractivity contribution in [3.63, 3.8) is 0 Å². The van der Waals surface area contributed by atoms with Gasteiger partial charge in [0.25, 0.3) is 5.91 Å². The van der Waals surface area contributed by atoms with Gasteiger partial charge in [-0.1, -0.05) is 12.2 Å². The van der Waals surface area contributed by atoms with E-state index in [0.29, 0.717) is 5.56 Å². The van der Waals surface area contributed by atoms with Crippen LogP contribution in [0.2, 0.25) is 0 Å². The number of carbonyl (C=O) groups excluding carboxylic acids is 1.